The van der Waals surface area contributed by atoms with Gasteiger partial charge in [-0.1, -0.05) is 19.8 Å². The van der Waals surface area contributed by atoms with Crippen LogP contribution in [-0.4, -0.2) is 11.0 Å². The Kier molecular flexibility index (Phi) is 3.85. The monoisotopic (exact) mass is 282 g/mol. The van der Waals surface area contributed by atoms with Crippen LogP contribution >= 0.6 is 15.9 Å². The molecule has 2 nitrogen and oxygen atoms in total. The van der Waals surface area contributed by atoms with Gasteiger partial charge in [-0.05, 0) is 53.2 Å². The minimum atomic E-state index is 0.608. The molecule has 0 aliphatic heterocycles. The topological polar surface area (TPSA) is 24.9 Å². The van der Waals surface area contributed by atoms with Crippen molar-refractivity contribution >= 4 is 21.7 Å². The molecule has 1 aliphatic carbocycles. The van der Waals surface area contributed by atoms with Crippen LogP contribution in [0.15, 0.2) is 16.7 Å². The van der Waals surface area contributed by atoms with E-state index in [1.807, 2.05) is 6.20 Å². The summed E-state index contributed by atoms with van der Waals surface area (Å²) in [5.74, 6) is 1.86. The number of hydrogen-bond donors (Lipinski definition) is 1. The van der Waals surface area contributed by atoms with Gasteiger partial charge in [-0.15, -0.1) is 0 Å². The number of rotatable bonds is 2. The van der Waals surface area contributed by atoms with Crippen LogP contribution in [0.1, 0.15) is 38.2 Å². The fraction of sp³-hybridized carbons (Fsp3) is 0.615. The van der Waals surface area contributed by atoms with Crippen molar-refractivity contribution in [3.63, 3.8) is 0 Å². The van der Waals surface area contributed by atoms with Gasteiger partial charge in [0.25, 0.3) is 0 Å². The van der Waals surface area contributed by atoms with E-state index in [4.69, 9.17) is 0 Å². The fourth-order valence-corrected chi connectivity index (χ4v) is 2.61. The number of nitrogens with one attached hydrogen (secondary N) is 1. The van der Waals surface area contributed by atoms with Crippen LogP contribution in [0.5, 0.6) is 0 Å². The predicted molar refractivity (Wildman–Crippen MR) is 71.7 cm³/mol. The lowest BCUT2D eigenvalue weighted by Crippen LogP contribution is -2.26. The summed E-state index contributed by atoms with van der Waals surface area (Å²) >= 11 is 3.47. The minimum Gasteiger partial charge on any atom is -0.367 e. The molecule has 2 rings (SSSR count). The Balaban J connectivity index is 2.00. The van der Waals surface area contributed by atoms with Gasteiger partial charge in [0.2, 0.25) is 0 Å². The zero-order chi connectivity index (χ0) is 11.5. The Labute approximate surface area is 106 Å². The van der Waals surface area contributed by atoms with Crippen LogP contribution in [0.3, 0.4) is 0 Å². The van der Waals surface area contributed by atoms with Gasteiger partial charge in [0, 0.05) is 16.7 Å². The molecule has 1 aliphatic rings. The number of pyridine rings is 1. The van der Waals surface area contributed by atoms with Gasteiger partial charge >= 0.3 is 0 Å². The van der Waals surface area contributed by atoms with Gasteiger partial charge in [-0.25, -0.2) is 4.98 Å². The average Bonchev–Trinajstić information content (AvgIpc) is 2.24. The summed E-state index contributed by atoms with van der Waals surface area (Å²) in [6.07, 6.45) is 7.15. The molecule has 1 saturated carbocycles. The molecule has 1 fully saturated rings. The van der Waals surface area contributed by atoms with E-state index >= 15 is 0 Å². The van der Waals surface area contributed by atoms with E-state index in [-0.39, 0.29) is 0 Å². The second-order valence-electron chi connectivity index (χ2n) is 4.93. The summed E-state index contributed by atoms with van der Waals surface area (Å²) in [5, 5.41) is 3.55. The highest BCUT2D eigenvalue weighted by Gasteiger charge is 2.18. The number of anilines is 1. The van der Waals surface area contributed by atoms with Gasteiger partial charge in [0.1, 0.15) is 5.82 Å². The van der Waals surface area contributed by atoms with Gasteiger partial charge in [-0.2, -0.15) is 0 Å². The van der Waals surface area contributed by atoms with E-state index in [1.54, 1.807) is 0 Å². The summed E-state index contributed by atoms with van der Waals surface area (Å²) < 4.78 is 1.08. The SMILES string of the molecule is Cc1cc(NC2CCCC(C)C2)ncc1Br. The van der Waals surface area contributed by atoms with Crippen molar-refractivity contribution in [1.82, 2.24) is 4.98 Å². The second-order valence-corrected chi connectivity index (χ2v) is 5.79. The molecule has 88 valence electrons. The first-order valence-corrected chi connectivity index (χ1v) is 6.83. The lowest BCUT2D eigenvalue weighted by atomic mass is 9.87. The lowest BCUT2D eigenvalue weighted by molar-refractivity contribution is 0.358. The molecule has 3 heteroatoms. The number of hydrogen-bond acceptors (Lipinski definition) is 2. The second kappa shape index (κ2) is 5.17. The molecule has 0 spiro atoms. The highest BCUT2D eigenvalue weighted by atomic mass is 79.9. The molecule has 1 aromatic rings. The molecule has 16 heavy (non-hydrogen) atoms. The standard InChI is InChI=1S/C13H19BrN2/c1-9-4-3-5-11(6-9)16-13-7-10(2)12(14)8-15-13/h7-9,11H,3-6H2,1-2H3,(H,15,16). The zero-order valence-electron chi connectivity index (χ0n) is 9.96. The molecule has 2 atom stereocenters. The number of halogens is 1. The van der Waals surface area contributed by atoms with Gasteiger partial charge in [0.05, 0.1) is 0 Å². The molecule has 2 unspecified atom stereocenters. The van der Waals surface area contributed by atoms with Crippen LogP contribution in [0.25, 0.3) is 0 Å². The summed E-state index contributed by atoms with van der Waals surface area (Å²) in [6, 6.07) is 2.72. The first kappa shape index (κ1) is 11.9. The predicted octanol–water partition coefficient (Wildman–Crippen LogP) is 4.14. The summed E-state index contributed by atoms with van der Waals surface area (Å²) in [5.41, 5.74) is 1.24. The smallest absolute Gasteiger partial charge is 0.126 e. The first-order chi connectivity index (χ1) is 7.65. The molecule has 0 aromatic carbocycles. The van der Waals surface area contributed by atoms with Crippen LogP contribution in [0.2, 0.25) is 0 Å². The van der Waals surface area contributed by atoms with Crippen molar-refractivity contribution in [3.8, 4) is 0 Å². The van der Waals surface area contributed by atoms with Gasteiger partial charge in [-0.3, -0.25) is 0 Å². The third kappa shape index (κ3) is 2.97. The maximum atomic E-state index is 4.40. The fourth-order valence-electron chi connectivity index (χ4n) is 2.39. The van der Waals surface area contributed by atoms with Crippen LogP contribution in [-0.2, 0) is 0 Å². The van der Waals surface area contributed by atoms with Crippen molar-refractivity contribution in [2.75, 3.05) is 5.32 Å². The molecule has 1 aromatic heterocycles. The summed E-state index contributed by atoms with van der Waals surface area (Å²) in [6.45, 7) is 4.44. The number of aryl methyl sites for hydroxylation is 1. The first-order valence-electron chi connectivity index (χ1n) is 6.04. The summed E-state index contributed by atoms with van der Waals surface area (Å²) in [4.78, 5) is 4.40. The Morgan fingerprint density at radius 3 is 2.94 bits per heavy atom. The number of aromatic nitrogens is 1. The molecule has 0 bridgehead atoms. The van der Waals surface area contributed by atoms with E-state index in [0.717, 1.165) is 16.2 Å². The minimum absolute atomic E-state index is 0.608. The van der Waals surface area contributed by atoms with Crippen molar-refractivity contribution < 1.29 is 0 Å². The van der Waals surface area contributed by atoms with E-state index in [2.05, 4.69) is 46.1 Å². The maximum Gasteiger partial charge on any atom is 0.126 e. The number of nitrogens with zero attached hydrogens (tertiary/aromatic N) is 1. The van der Waals surface area contributed by atoms with Gasteiger partial charge < -0.3 is 5.32 Å². The largest absolute Gasteiger partial charge is 0.367 e. The van der Waals surface area contributed by atoms with E-state index < -0.39 is 0 Å². The van der Waals surface area contributed by atoms with Crippen molar-refractivity contribution in [1.29, 1.82) is 0 Å². The molecular formula is C13H19BrN2. The quantitative estimate of drug-likeness (QED) is 0.882. The normalized spacial score (nSPS) is 25.4. The summed E-state index contributed by atoms with van der Waals surface area (Å²) in [7, 11) is 0. The maximum absolute atomic E-state index is 4.40. The van der Waals surface area contributed by atoms with E-state index in [1.165, 1.54) is 31.2 Å². The Bertz CT molecular complexity index is 365. The van der Waals surface area contributed by atoms with E-state index in [9.17, 15) is 0 Å². The van der Waals surface area contributed by atoms with Crippen LogP contribution < -0.4 is 5.32 Å². The molecule has 1 heterocycles. The van der Waals surface area contributed by atoms with Gasteiger partial charge in [0.15, 0.2) is 0 Å². The highest BCUT2D eigenvalue weighted by molar-refractivity contribution is 9.10. The Morgan fingerprint density at radius 2 is 2.25 bits per heavy atom. The lowest BCUT2D eigenvalue weighted by Gasteiger charge is -2.27. The van der Waals surface area contributed by atoms with Crippen molar-refractivity contribution in [3.05, 3.63) is 22.3 Å². The third-order valence-corrected chi connectivity index (χ3v) is 4.17. The Hall–Kier alpha value is -0.570. The van der Waals surface area contributed by atoms with Crippen molar-refractivity contribution in [2.45, 2.75) is 45.6 Å². The van der Waals surface area contributed by atoms with E-state index in [0.29, 0.717) is 6.04 Å². The Morgan fingerprint density at radius 1 is 1.44 bits per heavy atom. The molecular weight excluding hydrogens is 264 g/mol. The highest BCUT2D eigenvalue weighted by Crippen LogP contribution is 2.26. The molecule has 0 amide bonds. The van der Waals surface area contributed by atoms with Crippen LogP contribution in [0, 0.1) is 12.8 Å². The average molecular weight is 283 g/mol. The molecule has 1 N–H and O–H groups in total. The molecule has 0 saturated heterocycles. The van der Waals surface area contributed by atoms with Crippen LogP contribution in [0.4, 0.5) is 5.82 Å². The molecule has 0 radical (unpaired) electrons. The van der Waals surface area contributed by atoms with Crippen molar-refractivity contribution in [2.24, 2.45) is 5.92 Å². The third-order valence-electron chi connectivity index (χ3n) is 3.34. The zero-order valence-corrected chi connectivity index (χ0v) is 11.5.